The van der Waals surface area contributed by atoms with Crippen molar-refractivity contribution in [2.24, 2.45) is 5.92 Å². The minimum atomic E-state index is -0.287. The highest BCUT2D eigenvalue weighted by atomic mass is 16.2. The fraction of sp³-hybridized carbons (Fsp3) is 0.579. The van der Waals surface area contributed by atoms with E-state index in [-0.39, 0.29) is 30.3 Å². The Balaban J connectivity index is 2.64. The number of benzene rings is 1. The molecule has 0 bridgehead atoms. The van der Waals surface area contributed by atoms with Crippen LogP contribution in [0, 0.1) is 12.8 Å². The van der Waals surface area contributed by atoms with Gasteiger partial charge in [0.05, 0.1) is 12.5 Å². The Morgan fingerprint density at radius 3 is 2.13 bits per heavy atom. The fourth-order valence-corrected chi connectivity index (χ4v) is 2.47. The zero-order valence-electron chi connectivity index (χ0n) is 15.0. The third kappa shape index (κ3) is 7.82. The molecule has 0 spiro atoms. The van der Waals surface area contributed by atoms with E-state index in [1.807, 2.05) is 38.1 Å². The maximum atomic E-state index is 12.3. The number of hydrogen-bond donors (Lipinski definition) is 2. The Labute approximate surface area is 140 Å². The van der Waals surface area contributed by atoms with Crippen molar-refractivity contribution in [2.75, 3.05) is 0 Å². The Hall–Kier alpha value is -1.84. The third-order valence-corrected chi connectivity index (χ3v) is 3.83. The van der Waals surface area contributed by atoms with Crippen molar-refractivity contribution < 1.29 is 9.59 Å². The molecule has 2 N–H and O–H groups in total. The molecule has 2 amide bonds. The molecule has 0 aliphatic rings. The molecule has 0 aromatic heterocycles. The molecule has 1 rings (SSSR count). The summed E-state index contributed by atoms with van der Waals surface area (Å²) in [6, 6.07) is 7.78. The lowest BCUT2D eigenvalue weighted by Gasteiger charge is -2.20. The predicted molar refractivity (Wildman–Crippen MR) is 94.0 cm³/mol. The van der Waals surface area contributed by atoms with Gasteiger partial charge in [0.2, 0.25) is 11.8 Å². The second-order valence-electron chi connectivity index (χ2n) is 6.81. The summed E-state index contributed by atoms with van der Waals surface area (Å²) in [5.41, 5.74) is 2.11. The van der Waals surface area contributed by atoms with Crippen LogP contribution in [0.1, 0.15) is 64.1 Å². The van der Waals surface area contributed by atoms with E-state index in [0.717, 1.165) is 24.0 Å². The molecule has 0 aliphatic heterocycles. The molecule has 0 radical (unpaired) electrons. The molecule has 4 heteroatoms. The van der Waals surface area contributed by atoms with Crippen LogP contribution in [0.5, 0.6) is 0 Å². The van der Waals surface area contributed by atoms with Crippen LogP contribution in [0.4, 0.5) is 0 Å². The second-order valence-corrected chi connectivity index (χ2v) is 6.81. The Kier molecular flexibility index (Phi) is 7.79. The maximum absolute atomic E-state index is 12.3. The van der Waals surface area contributed by atoms with Crippen molar-refractivity contribution in [3.05, 3.63) is 35.4 Å². The van der Waals surface area contributed by atoms with Crippen molar-refractivity contribution in [3.63, 3.8) is 0 Å². The molecule has 0 saturated carbocycles. The van der Waals surface area contributed by atoms with E-state index >= 15 is 0 Å². The lowest BCUT2D eigenvalue weighted by Crippen LogP contribution is -2.36. The Morgan fingerprint density at radius 2 is 1.61 bits per heavy atom. The first kappa shape index (κ1) is 19.2. The molecule has 23 heavy (non-hydrogen) atoms. The van der Waals surface area contributed by atoms with E-state index in [1.54, 1.807) is 0 Å². The van der Waals surface area contributed by atoms with Crippen LogP contribution in [0.25, 0.3) is 0 Å². The molecule has 128 valence electrons. The van der Waals surface area contributed by atoms with Crippen LogP contribution in [-0.4, -0.2) is 17.9 Å². The minimum absolute atomic E-state index is 0.0272. The lowest BCUT2D eigenvalue weighted by atomic mass is 10.0. The van der Waals surface area contributed by atoms with Gasteiger partial charge in [-0.15, -0.1) is 0 Å². The van der Waals surface area contributed by atoms with Crippen LogP contribution < -0.4 is 10.6 Å². The molecule has 0 heterocycles. The van der Waals surface area contributed by atoms with Gasteiger partial charge in [-0.05, 0) is 38.2 Å². The van der Waals surface area contributed by atoms with Crippen LogP contribution in [0.15, 0.2) is 24.3 Å². The van der Waals surface area contributed by atoms with E-state index in [4.69, 9.17) is 0 Å². The summed E-state index contributed by atoms with van der Waals surface area (Å²) >= 11 is 0. The van der Waals surface area contributed by atoms with Gasteiger partial charge in [0.25, 0.3) is 0 Å². The fourth-order valence-electron chi connectivity index (χ4n) is 2.47. The smallest absolute Gasteiger partial charge is 0.222 e. The molecule has 0 saturated heterocycles. The molecular formula is C19H30N2O2. The van der Waals surface area contributed by atoms with Crippen molar-refractivity contribution in [3.8, 4) is 0 Å². The van der Waals surface area contributed by atoms with Crippen LogP contribution in [0.3, 0.4) is 0 Å². The molecule has 4 nitrogen and oxygen atoms in total. The Bertz CT molecular complexity index is 509. The van der Waals surface area contributed by atoms with Gasteiger partial charge < -0.3 is 10.6 Å². The average Bonchev–Trinajstić information content (AvgIpc) is 2.44. The zero-order chi connectivity index (χ0) is 17.4. The first-order chi connectivity index (χ1) is 10.8. The number of hydrogen-bond acceptors (Lipinski definition) is 2. The number of carbonyl (C=O) groups is 2. The van der Waals surface area contributed by atoms with E-state index in [9.17, 15) is 9.59 Å². The first-order valence-corrected chi connectivity index (χ1v) is 8.41. The zero-order valence-corrected chi connectivity index (χ0v) is 15.0. The number of rotatable bonds is 8. The molecule has 0 unspecified atom stereocenters. The van der Waals surface area contributed by atoms with Crippen LogP contribution >= 0.6 is 0 Å². The third-order valence-electron chi connectivity index (χ3n) is 3.83. The molecule has 0 fully saturated rings. The average molecular weight is 318 g/mol. The van der Waals surface area contributed by atoms with Gasteiger partial charge in [-0.25, -0.2) is 0 Å². The van der Waals surface area contributed by atoms with Gasteiger partial charge in [0, 0.05) is 13.0 Å². The van der Waals surface area contributed by atoms with E-state index in [1.165, 1.54) is 6.92 Å². The summed E-state index contributed by atoms with van der Waals surface area (Å²) in [6.07, 6.45) is 2.32. The summed E-state index contributed by atoms with van der Waals surface area (Å²) in [7, 11) is 0. The van der Waals surface area contributed by atoms with Crippen molar-refractivity contribution >= 4 is 11.8 Å². The van der Waals surface area contributed by atoms with E-state index in [0.29, 0.717) is 5.92 Å². The monoisotopic (exact) mass is 318 g/mol. The summed E-state index contributed by atoms with van der Waals surface area (Å²) in [5.74, 6) is 0.478. The normalized spacial score (nSPS) is 13.5. The lowest BCUT2D eigenvalue weighted by molar-refractivity contribution is -0.123. The van der Waals surface area contributed by atoms with Gasteiger partial charge in [-0.2, -0.15) is 0 Å². The standard InChI is InChI=1S/C19H30N2O2/c1-13(2)6-9-15(4)20-19(23)12-18(21-16(5)22)17-10-7-14(3)8-11-17/h7-8,10-11,13,15,18H,6,9,12H2,1-5H3,(H,20,23)(H,21,22)/t15-,18-/m1/s1. The second kappa shape index (κ2) is 9.33. The van der Waals surface area contributed by atoms with Gasteiger partial charge in [0.1, 0.15) is 0 Å². The Morgan fingerprint density at radius 1 is 1.00 bits per heavy atom. The van der Waals surface area contributed by atoms with Gasteiger partial charge in [-0.3, -0.25) is 9.59 Å². The quantitative estimate of drug-likeness (QED) is 0.770. The van der Waals surface area contributed by atoms with Gasteiger partial charge in [0.15, 0.2) is 0 Å². The SMILES string of the molecule is CC(=O)N[C@H](CC(=O)N[C@H](C)CCC(C)C)c1ccc(C)cc1. The minimum Gasteiger partial charge on any atom is -0.354 e. The molecule has 0 aliphatic carbocycles. The van der Waals surface area contributed by atoms with Gasteiger partial charge >= 0.3 is 0 Å². The summed E-state index contributed by atoms with van der Waals surface area (Å²) in [6.45, 7) is 9.88. The highest BCUT2D eigenvalue weighted by molar-refractivity contribution is 5.79. The summed E-state index contributed by atoms with van der Waals surface area (Å²) in [5, 5.41) is 5.90. The van der Waals surface area contributed by atoms with Crippen molar-refractivity contribution in [1.29, 1.82) is 0 Å². The number of amides is 2. The first-order valence-electron chi connectivity index (χ1n) is 8.41. The van der Waals surface area contributed by atoms with Gasteiger partial charge in [-0.1, -0.05) is 43.7 Å². The largest absolute Gasteiger partial charge is 0.354 e. The van der Waals surface area contributed by atoms with Crippen molar-refractivity contribution in [2.45, 2.75) is 66.0 Å². The number of aryl methyl sites for hydroxylation is 1. The summed E-state index contributed by atoms with van der Waals surface area (Å²) in [4.78, 5) is 23.7. The van der Waals surface area contributed by atoms with Crippen molar-refractivity contribution in [1.82, 2.24) is 10.6 Å². The highest BCUT2D eigenvalue weighted by Gasteiger charge is 2.18. The predicted octanol–water partition coefficient (Wildman–Crippen LogP) is 3.50. The highest BCUT2D eigenvalue weighted by Crippen LogP contribution is 2.18. The van der Waals surface area contributed by atoms with E-state index < -0.39 is 0 Å². The van der Waals surface area contributed by atoms with Crippen LogP contribution in [-0.2, 0) is 9.59 Å². The number of nitrogens with one attached hydrogen (secondary N) is 2. The maximum Gasteiger partial charge on any atom is 0.222 e. The number of carbonyl (C=O) groups excluding carboxylic acids is 2. The molecule has 1 aromatic rings. The topological polar surface area (TPSA) is 58.2 Å². The summed E-state index contributed by atoms with van der Waals surface area (Å²) < 4.78 is 0. The molecule has 2 atom stereocenters. The van der Waals surface area contributed by atoms with E-state index in [2.05, 4.69) is 24.5 Å². The van der Waals surface area contributed by atoms with Crippen LogP contribution in [0.2, 0.25) is 0 Å². The molecule has 1 aromatic carbocycles. The molecular weight excluding hydrogens is 288 g/mol.